The van der Waals surface area contributed by atoms with Gasteiger partial charge in [-0.3, -0.25) is 0 Å². The Balaban J connectivity index is 1.85. The van der Waals surface area contributed by atoms with Crippen LogP contribution in [0.25, 0.3) is 0 Å². The molecule has 2 N–H and O–H groups in total. The van der Waals surface area contributed by atoms with E-state index in [0.29, 0.717) is 5.92 Å². The third kappa shape index (κ3) is 3.27. The predicted octanol–water partition coefficient (Wildman–Crippen LogP) is 2.63. The second-order valence-corrected chi connectivity index (χ2v) is 5.12. The highest BCUT2D eigenvalue weighted by molar-refractivity contribution is 5.22. The molecule has 1 aliphatic carbocycles. The zero-order valence-corrected chi connectivity index (χ0v) is 10.5. The van der Waals surface area contributed by atoms with Gasteiger partial charge in [-0.1, -0.05) is 13.0 Å². The van der Waals surface area contributed by atoms with Crippen molar-refractivity contribution in [1.29, 1.82) is 0 Å². The molecule has 0 spiro atoms. The van der Waals surface area contributed by atoms with Crippen LogP contribution >= 0.6 is 0 Å². The minimum Gasteiger partial charge on any atom is -0.387 e. The summed E-state index contributed by atoms with van der Waals surface area (Å²) >= 11 is 0. The van der Waals surface area contributed by atoms with Crippen molar-refractivity contribution in [3.63, 3.8) is 0 Å². The van der Waals surface area contributed by atoms with Crippen molar-refractivity contribution in [1.82, 2.24) is 5.32 Å². The number of aliphatic hydroxyl groups is 1. The second kappa shape index (κ2) is 5.76. The number of hydrogen-bond acceptors (Lipinski definition) is 2. The van der Waals surface area contributed by atoms with Crippen LogP contribution in [0, 0.1) is 23.5 Å². The van der Waals surface area contributed by atoms with E-state index < -0.39 is 17.7 Å². The van der Waals surface area contributed by atoms with E-state index in [1.807, 2.05) is 0 Å². The van der Waals surface area contributed by atoms with Gasteiger partial charge in [0.05, 0.1) is 11.7 Å². The van der Waals surface area contributed by atoms with Crippen LogP contribution in [0.2, 0.25) is 0 Å². The normalized spacial score (nSPS) is 18.7. The zero-order chi connectivity index (χ0) is 13.1. The molecule has 0 heterocycles. The maximum Gasteiger partial charge on any atom is 0.131 e. The Morgan fingerprint density at radius 2 is 1.89 bits per heavy atom. The van der Waals surface area contributed by atoms with Crippen molar-refractivity contribution in [3.05, 3.63) is 35.4 Å². The van der Waals surface area contributed by atoms with Gasteiger partial charge in [0.15, 0.2) is 0 Å². The molecule has 18 heavy (non-hydrogen) atoms. The number of hydrogen-bond donors (Lipinski definition) is 2. The average molecular weight is 255 g/mol. The SMILES string of the molecule is CC(CNCC(O)c1c(F)cccc1F)C1CC1. The lowest BCUT2D eigenvalue weighted by Gasteiger charge is -2.16. The molecule has 1 saturated carbocycles. The molecule has 2 atom stereocenters. The number of halogens is 2. The molecule has 0 amide bonds. The summed E-state index contributed by atoms with van der Waals surface area (Å²) in [7, 11) is 0. The van der Waals surface area contributed by atoms with Crippen LogP contribution in [0.1, 0.15) is 31.4 Å². The lowest BCUT2D eigenvalue weighted by Crippen LogP contribution is -2.27. The molecule has 0 bridgehead atoms. The Bertz CT molecular complexity index is 387. The van der Waals surface area contributed by atoms with E-state index in [1.54, 1.807) is 0 Å². The number of aliphatic hydroxyl groups excluding tert-OH is 1. The number of nitrogens with one attached hydrogen (secondary N) is 1. The lowest BCUT2D eigenvalue weighted by molar-refractivity contribution is 0.163. The quantitative estimate of drug-likeness (QED) is 0.819. The Labute approximate surface area is 106 Å². The summed E-state index contributed by atoms with van der Waals surface area (Å²) in [4.78, 5) is 0. The van der Waals surface area contributed by atoms with E-state index in [0.717, 1.165) is 24.6 Å². The highest BCUT2D eigenvalue weighted by Crippen LogP contribution is 2.36. The van der Waals surface area contributed by atoms with Gasteiger partial charge >= 0.3 is 0 Å². The minimum absolute atomic E-state index is 0.176. The number of rotatable bonds is 6. The van der Waals surface area contributed by atoms with Gasteiger partial charge < -0.3 is 10.4 Å². The molecule has 1 fully saturated rings. The van der Waals surface area contributed by atoms with E-state index in [1.165, 1.54) is 18.9 Å². The van der Waals surface area contributed by atoms with Gasteiger partial charge in [-0.05, 0) is 43.4 Å². The minimum atomic E-state index is -1.14. The molecule has 2 nitrogen and oxygen atoms in total. The highest BCUT2D eigenvalue weighted by Gasteiger charge is 2.27. The Hall–Kier alpha value is -1.00. The molecular weight excluding hydrogens is 236 g/mol. The second-order valence-electron chi connectivity index (χ2n) is 5.12. The van der Waals surface area contributed by atoms with Crippen LogP contribution in [0.5, 0.6) is 0 Å². The van der Waals surface area contributed by atoms with Gasteiger partial charge in [0.1, 0.15) is 11.6 Å². The lowest BCUT2D eigenvalue weighted by atomic mass is 10.1. The molecule has 1 aromatic carbocycles. The third-order valence-corrected chi connectivity index (χ3v) is 3.56. The zero-order valence-electron chi connectivity index (χ0n) is 10.5. The standard InChI is InChI=1S/C14H19F2NO/c1-9(10-5-6-10)7-17-8-13(18)14-11(15)3-2-4-12(14)16/h2-4,9-10,13,17-18H,5-8H2,1H3. The summed E-state index contributed by atoms with van der Waals surface area (Å²) in [6.45, 7) is 3.10. The smallest absolute Gasteiger partial charge is 0.131 e. The van der Waals surface area contributed by atoms with Crippen molar-refractivity contribution in [2.45, 2.75) is 25.9 Å². The fourth-order valence-electron chi connectivity index (χ4n) is 2.21. The van der Waals surface area contributed by atoms with Gasteiger partial charge in [-0.15, -0.1) is 0 Å². The Morgan fingerprint density at radius 3 is 2.44 bits per heavy atom. The summed E-state index contributed by atoms with van der Waals surface area (Å²) < 4.78 is 26.8. The van der Waals surface area contributed by atoms with Crippen LogP contribution in [0.15, 0.2) is 18.2 Å². The highest BCUT2D eigenvalue weighted by atomic mass is 19.1. The largest absolute Gasteiger partial charge is 0.387 e. The van der Waals surface area contributed by atoms with Gasteiger partial charge in [0, 0.05) is 6.54 Å². The maximum absolute atomic E-state index is 13.4. The van der Waals surface area contributed by atoms with Crippen molar-refractivity contribution in [2.24, 2.45) is 11.8 Å². The van der Waals surface area contributed by atoms with Crippen molar-refractivity contribution >= 4 is 0 Å². The Kier molecular flexibility index (Phi) is 4.30. The van der Waals surface area contributed by atoms with E-state index in [9.17, 15) is 13.9 Å². The van der Waals surface area contributed by atoms with Crippen molar-refractivity contribution in [2.75, 3.05) is 13.1 Å². The first-order valence-corrected chi connectivity index (χ1v) is 6.42. The van der Waals surface area contributed by atoms with Crippen LogP contribution in [-0.2, 0) is 0 Å². The van der Waals surface area contributed by atoms with E-state index >= 15 is 0 Å². The van der Waals surface area contributed by atoms with Gasteiger partial charge in [0.25, 0.3) is 0 Å². The summed E-state index contributed by atoms with van der Waals surface area (Å²) in [5.74, 6) is -0.0541. The molecule has 4 heteroatoms. The van der Waals surface area contributed by atoms with Gasteiger partial charge in [-0.2, -0.15) is 0 Å². The average Bonchev–Trinajstić information content (AvgIpc) is 3.12. The fraction of sp³-hybridized carbons (Fsp3) is 0.571. The summed E-state index contributed by atoms with van der Waals surface area (Å²) in [6, 6.07) is 3.62. The first-order valence-electron chi connectivity index (χ1n) is 6.42. The van der Waals surface area contributed by atoms with E-state index in [2.05, 4.69) is 12.2 Å². The predicted molar refractivity (Wildman–Crippen MR) is 66.1 cm³/mol. The first-order chi connectivity index (χ1) is 8.59. The molecule has 1 aliphatic rings. The van der Waals surface area contributed by atoms with Crippen LogP contribution in [0.3, 0.4) is 0 Å². The molecule has 2 rings (SSSR count). The molecule has 100 valence electrons. The number of benzene rings is 1. The van der Waals surface area contributed by atoms with E-state index in [4.69, 9.17) is 0 Å². The van der Waals surface area contributed by atoms with Crippen molar-refractivity contribution < 1.29 is 13.9 Å². The maximum atomic E-state index is 13.4. The van der Waals surface area contributed by atoms with Crippen LogP contribution in [0.4, 0.5) is 8.78 Å². The molecule has 0 aromatic heterocycles. The summed E-state index contributed by atoms with van der Waals surface area (Å²) in [5, 5.41) is 12.9. The molecule has 2 unspecified atom stereocenters. The van der Waals surface area contributed by atoms with E-state index in [-0.39, 0.29) is 12.1 Å². The molecular formula is C14H19F2NO. The Morgan fingerprint density at radius 1 is 1.28 bits per heavy atom. The molecule has 0 radical (unpaired) electrons. The molecule has 0 saturated heterocycles. The van der Waals surface area contributed by atoms with Gasteiger partial charge in [-0.25, -0.2) is 8.78 Å². The third-order valence-electron chi connectivity index (χ3n) is 3.56. The first kappa shape index (κ1) is 13.4. The monoisotopic (exact) mass is 255 g/mol. The van der Waals surface area contributed by atoms with Crippen molar-refractivity contribution in [3.8, 4) is 0 Å². The summed E-state index contributed by atoms with van der Waals surface area (Å²) in [6.07, 6.45) is 1.40. The fourth-order valence-corrected chi connectivity index (χ4v) is 2.21. The topological polar surface area (TPSA) is 32.3 Å². The molecule has 1 aromatic rings. The summed E-state index contributed by atoms with van der Waals surface area (Å²) in [5.41, 5.74) is -0.246. The van der Waals surface area contributed by atoms with Crippen LogP contribution in [-0.4, -0.2) is 18.2 Å². The van der Waals surface area contributed by atoms with Crippen LogP contribution < -0.4 is 5.32 Å². The van der Waals surface area contributed by atoms with Gasteiger partial charge in [0.2, 0.25) is 0 Å². The molecule has 0 aliphatic heterocycles.